The lowest BCUT2D eigenvalue weighted by atomic mass is 10.0. The van der Waals surface area contributed by atoms with Gasteiger partial charge in [-0.15, -0.1) is 0 Å². The first-order valence-corrected chi connectivity index (χ1v) is 12.8. The molecule has 5 rings (SSSR count). The van der Waals surface area contributed by atoms with Crippen LogP contribution in [0.2, 0.25) is 0 Å². The molecule has 2 aromatic carbocycles. The van der Waals surface area contributed by atoms with Crippen LogP contribution in [0.1, 0.15) is 36.6 Å². The van der Waals surface area contributed by atoms with Crippen LogP contribution in [0.5, 0.6) is 0 Å². The SMILES string of the molecule is C[C@H](NS(=O)(=O)c1cccc(C(CC#N)n2cc(-c3ncnc4[nH]ccc34)cn2)c1)c1ccccc1. The first-order chi connectivity index (χ1) is 17.5. The molecule has 0 saturated heterocycles. The van der Waals surface area contributed by atoms with Crippen molar-refractivity contribution in [2.24, 2.45) is 0 Å². The van der Waals surface area contributed by atoms with E-state index in [-0.39, 0.29) is 11.3 Å². The van der Waals surface area contributed by atoms with Crippen LogP contribution in [0, 0.1) is 11.3 Å². The largest absolute Gasteiger partial charge is 0.346 e. The highest BCUT2D eigenvalue weighted by atomic mass is 32.2. The summed E-state index contributed by atoms with van der Waals surface area (Å²) in [6, 6.07) is 19.2. The molecule has 36 heavy (non-hydrogen) atoms. The van der Waals surface area contributed by atoms with Crippen molar-refractivity contribution < 1.29 is 8.42 Å². The molecule has 0 spiro atoms. The Morgan fingerprint density at radius 1 is 1.08 bits per heavy atom. The van der Waals surface area contributed by atoms with Crippen LogP contribution in [-0.2, 0) is 10.0 Å². The average Bonchev–Trinajstić information content (AvgIpc) is 3.57. The van der Waals surface area contributed by atoms with Gasteiger partial charge < -0.3 is 4.98 Å². The fraction of sp³-hybridized carbons (Fsp3) is 0.154. The van der Waals surface area contributed by atoms with Crippen molar-refractivity contribution in [3.8, 4) is 17.3 Å². The molecule has 180 valence electrons. The Kier molecular flexibility index (Phi) is 6.33. The number of benzene rings is 2. The van der Waals surface area contributed by atoms with Crippen LogP contribution in [0.25, 0.3) is 22.3 Å². The van der Waals surface area contributed by atoms with Gasteiger partial charge in [0.05, 0.1) is 35.3 Å². The van der Waals surface area contributed by atoms with E-state index in [4.69, 9.17) is 0 Å². The Morgan fingerprint density at radius 3 is 2.69 bits per heavy atom. The molecule has 5 aromatic rings. The minimum absolute atomic E-state index is 0.113. The molecule has 0 bridgehead atoms. The molecular formula is C26H23N7O2S. The number of hydrogen-bond donors (Lipinski definition) is 2. The number of aromatic nitrogens is 5. The Balaban J connectivity index is 1.45. The van der Waals surface area contributed by atoms with Gasteiger partial charge in [-0.2, -0.15) is 10.4 Å². The minimum atomic E-state index is -3.80. The summed E-state index contributed by atoms with van der Waals surface area (Å²) >= 11 is 0. The Bertz CT molecular complexity index is 1650. The second kappa shape index (κ2) is 9.73. The Hall–Kier alpha value is -4.33. The van der Waals surface area contributed by atoms with E-state index in [2.05, 4.69) is 30.8 Å². The molecule has 3 heterocycles. The zero-order chi connectivity index (χ0) is 25.1. The highest BCUT2D eigenvalue weighted by Crippen LogP contribution is 2.29. The van der Waals surface area contributed by atoms with Crippen LogP contribution >= 0.6 is 0 Å². The van der Waals surface area contributed by atoms with E-state index in [0.29, 0.717) is 5.56 Å². The molecule has 0 aliphatic heterocycles. The number of fused-ring (bicyclic) bond motifs is 1. The summed E-state index contributed by atoms with van der Waals surface area (Å²) in [5.41, 5.74) is 3.74. The predicted octanol–water partition coefficient (Wildman–Crippen LogP) is 4.36. The summed E-state index contributed by atoms with van der Waals surface area (Å²) < 4.78 is 30.7. The van der Waals surface area contributed by atoms with Crippen molar-refractivity contribution >= 4 is 21.1 Å². The number of nitriles is 1. The van der Waals surface area contributed by atoms with Gasteiger partial charge in [0, 0.05) is 29.4 Å². The first-order valence-electron chi connectivity index (χ1n) is 11.3. The fourth-order valence-corrected chi connectivity index (χ4v) is 5.47. The summed E-state index contributed by atoms with van der Waals surface area (Å²) in [5.74, 6) is 0. The topological polar surface area (TPSA) is 129 Å². The van der Waals surface area contributed by atoms with E-state index in [0.717, 1.165) is 27.9 Å². The van der Waals surface area contributed by atoms with Gasteiger partial charge in [0.1, 0.15) is 12.0 Å². The van der Waals surface area contributed by atoms with Crippen molar-refractivity contribution in [1.29, 1.82) is 5.26 Å². The van der Waals surface area contributed by atoms with Crippen LogP contribution in [0.15, 0.2) is 90.5 Å². The van der Waals surface area contributed by atoms with Gasteiger partial charge in [-0.25, -0.2) is 23.1 Å². The van der Waals surface area contributed by atoms with E-state index in [1.807, 2.05) is 42.6 Å². The Labute approximate surface area is 208 Å². The van der Waals surface area contributed by atoms with Crippen molar-refractivity contribution in [3.63, 3.8) is 0 Å². The van der Waals surface area contributed by atoms with Crippen molar-refractivity contribution in [1.82, 2.24) is 29.5 Å². The minimum Gasteiger partial charge on any atom is -0.346 e. The number of H-pyrrole nitrogens is 1. The molecule has 0 aliphatic rings. The molecule has 2 N–H and O–H groups in total. The normalized spacial score (nSPS) is 13.3. The third-order valence-electron chi connectivity index (χ3n) is 6.02. The molecular weight excluding hydrogens is 474 g/mol. The first kappa shape index (κ1) is 23.4. The second-order valence-electron chi connectivity index (χ2n) is 8.38. The van der Waals surface area contributed by atoms with Crippen LogP contribution < -0.4 is 4.72 Å². The smallest absolute Gasteiger partial charge is 0.241 e. The van der Waals surface area contributed by atoms with Crippen LogP contribution in [-0.4, -0.2) is 33.2 Å². The number of hydrogen-bond acceptors (Lipinski definition) is 6. The average molecular weight is 498 g/mol. The van der Waals surface area contributed by atoms with E-state index < -0.39 is 22.1 Å². The highest BCUT2D eigenvalue weighted by molar-refractivity contribution is 7.89. The van der Waals surface area contributed by atoms with Crippen molar-refractivity contribution in [2.45, 2.75) is 30.3 Å². The number of aromatic amines is 1. The summed E-state index contributed by atoms with van der Waals surface area (Å²) in [4.78, 5) is 11.8. The maximum Gasteiger partial charge on any atom is 0.241 e. The number of nitrogens with zero attached hydrogens (tertiary/aromatic N) is 5. The van der Waals surface area contributed by atoms with E-state index in [1.54, 1.807) is 48.3 Å². The van der Waals surface area contributed by atoms with Gasteiger partial charge >= 0.3 is 0 Å². The van der Waals surface area contributed by atoms with Gasteiger partial charge in [0.25, 0.3) is 0 Å². The van der Waals surface area contributed by atoms with Crippen molar-refractivity contribution in [2.75, 3.05) is 0 Å². The molecule has 0 aliphatic carbocycles. The van der Waals surface area contributed by atoms with E-state index >= 15 is 0 Å². The fourth-order valence-electron chi connectivity index (χ4n) is 4.18. The van der Waals surface area contributed by atoms with E-state index in [9.17, 15) is 13.7 Å². The molecule has 0 fully saturated rings. The maximum absolute atomic E-state index is 13.2. The van der Waals surface area contributed by atoms with Crippen LogP contribution in [0.4, 0.5) is 0 Å². The zero-order valence-corrected chi connectivity index (χ0v) is 20.2. The molecule has 2 atom stereocenters. The van der Waals surface area contributed by atoms with Gasteiger partial charge in [0.2, 0.25) is 10.0 Å². The quantitative estimate of drug-likeness (QED) is 0.328. The van der Waals surface area contributed by atoms with Crippen LogP contribution in [0.3, 0.4) is 0 Å². The van der Waals surface area contributed by atoms with Gasteiger partial charge in [-0.05, 0) is 36.2 Å². The predicted molar refractivity (Wildman–Crippen MR) is 135 cm³/mol. The molecule has 1 unspecified atom stereocenters. The number of nitrogens with one attached hydrogen (secondary N) is 2. The maximum atomic E-state index is 13.2. The van der Waals surface area contributed by atoms with Gasteiger partial charge in [-0.3, -0.25) is 4.68 Å². The lowest BCUT2D eigenvalue weighted by molar-refractivity contribution is 0.530. The zero-order valence-electron chi connectivity index (χ0n) is 19.4. The Morgan fingerprint density at radius 2 is 1.89 bits per heavy atom. The molecule has 0 radical (unpaired) electrons. The van der Waals surface area contributed by atoms with Gasteiger partial charge in [0.15, 0.2) is 0 Å². The standard InChI is InChI=1S/C26H23N7O2S/c1-18(19-6-3-2-4-7-19)32-36(34,35)22-9-5-8-20(14-22)24(10-12-27)33-16-21(15-31-33)25-23-11-13-28-26(23)30-17-29-25/h2-9,11,13-18,24,32H,10H2,1H3,(H,28,29,30)/t18-,24?/m0/s1. The monoisotopic (exact) mass is 497 g/mol. The number of rotatable bonds is 8. The lowest BCUT2D eigenvalue weighted by Gasteiger charge is -2.18. The highest BCUT2D eigenvalue weighted by Gasteiger charge is 2.22. The third-order valence-corrected chi connectivity index (χ3v) is 7.56. The molecule has 9 nitrogen and oxygen atoms in total. The summed E-state index contributed by atoms with van der Waals surface area (Å²) in [6.45, 7) is 1.80. The summed E-state index contributed by atoms with van der Waals surface area (Å²) in [5, 5.41) is 14.9. The van der Waals surface area contributed by atoms with E-state index in [1.165, 1.54) is 6.33 Å². The lowest BCUT2D eigenvalue weighted by Crippen LogP contribution is -2.27. The number of sulfonamides is 1. The third kappa shape index (κ3) is 4.62. The molecule has 10 heteroatoms. The molecule has 3 aromatic heterocycles. The van der Waals surface area contributed by atoms with Crippen molar-refractivity contribution in [3.05, 3.63) is 96.7 Å². The molecule has 0 amide bonds. The second-order valence-corrected chi connectivity index (χ2v) is 10.1. The summed E-state index contributed by atoms with van der Waals surface area (Å²) in [7, 11) is -3.80. The molecule has 0 saturated carbocycles. The summed E-state index contributed by atoms with van der Waals surface area (Å²) in [6.07, 6.45) is 6.89. The van der Waals surface area contributed by atoms with Gasteiger partial charge in [-0.1, -0.05) is 42.5 Å².